The summed E-state index contributed by atoms with van der Waals surface area (Å²) in [4.78, 5) is 3.74. The summed E-state index contributed by atoms with van der Waals surface area (Å²) in [6.45, 7) is 14.8. The Morgan fingerprint density at radius 2 is 0.902 bits per heavy atom. The number of para-hydroxylation sites is 2. The number of benzene rings is 6. The average Bonchev–Trinajstić information content (AvgIpc) is 3.24. The number of alkyl halides is 1. The minimum atomic E-state index is -4.16. The standard InChI is InChI=1S/C20H19NO3S.C13H13N.C8H19N.C7H7BrO3S.CH4/c22-25(23,24)20-13-11-18(12-14-20)16-21(19-9-5-2-6-10-19)15-17-7-3-1-4-8-17;1-3-7-12(8-4-1)11-14-13-9-5-2-6-10-13;1-6-9(7(2)3)8(4)5;8-5-6-1-3-7(4-2-6)12(9,10)11;/h1-14H,15-16H2,(H,22,23,24);1-10,14H,11H2;7-8H,6H2,1-5H3;1-4H,5H2,(H,9,10,11);1H4/p+1. The minimum absolute atomic E-state index is 0. The molecule has 0 unspecified atom stereocenters. The normalized spacial score (nSPS) is 10.9. The summed E-state index contributed by atoms with van der Waals surface area (Å²) in [6.07, 6.45) is 0. The van der Waals surface area contributed by atoms with E-state index in [0.29, 0.717) is 11.9 Å². The number of rotatable bonds is 14. The van der Waals surface area contributed by atoms with Crippen molar-refractivity contribution in [3.63, 3.8) is 0 Å². The van der Waals surface area contributed by atoms with Crippen molar-refractivity contribution in [2.24, 2.45) is 0 Å². The molecule has 0 spiro atoms. The van der Waals surface area contributed by atoms with Crippen LogP contribution in [0.3, 0.4) is 0 Å². The third-order valence-electron chi connectivity index (χ3n) is 9.31. The zero-order valence-corrected chi connectivity index (χ0v) is 38.2. The molecule has 0 amide bonds. The molecule has 0 radical (unpaired) electrons. The van der Waals surface area contributed by atoms with E-state index < -0.39 is 20.2 Å². The first-order valence-corrected chi connectivity index (χ1v) is 23.8. The highest BCUT2D eigenvalue weighted by atomic mass is 79.9. The molecule has 9 nitrogen and oxygen atoms in total. The molecule has 0 saturated heterocycles. The molecular weight excluding hydrogens is 871 g/mol. The molecule has 0 fully saturated rings. The van der Waals surface area contributed by atoms with Crippen LogP contribution in [-0.4, -0.2) is 44.6 Å². The van der Waals surface area contributed by atoms with Crippen LogP contribution in [0.5, 0.6) is 0 Å². The largest absolute Gasteiger partial charge is 0.381 e. The van der Waals surface area contributed by atoms with Gasteiger partial charge in [-0.25, -0.2) is 0 Å². The molecule has 0 heterocycles. The van der Waals surface area contributed by atoms with Crippen LogP contribution in [0, 0.1) is 0 Å². The Balaban J connectivity index is 0.000000303. The van der Waals surface area contributed by atoms with E-state index in [1.807, 2.05) is 60.7 Å². The minimum Gasteiger partial charge on any atom is -0.381 e. The lowest BCUT2D eigenvalue weighted by Gasteiger charge is -2.25. The maximum Gasteiger partial charge on any atom is 0.294 e. The van der Waals surface area contributed by atoms with E-state index in [4.69, 9.17) is 9.11 Å². The Kier molecular flexibility index (Phi) is 23.3. The van der Waals surface area contributed by atoms with Crippen molar-refractivity contribution >= 4 is 47.5 Å². The third-order valence-corrected chi connectivity index (χ3v) is 11.7. The Morgan fingerprint density at radius 1 is 0.541 bits per heavy atom. The first kappa shape index (κ1) is 52.3. The zero-order chi connectivity index (χ0) is 44.0. The van der Waals surface area contributed by atoms with Crippen LogP contribution < -0.4 is 15.1 Å². The van der Waals surface area contributed by atoms with E-state index in [9.17, 15) is 16.8 Å². The summed E-state index contributed by atoms with van der Waals surface area (Å²) in [5.74, 6) is 0. The lowest BCUT2D eigenvalue weighted by atomic mass is 10.1. The van der Waals surface area contributed by atoms with Crippen molar-refractivity contribution in [2.75, 3.05) is 16.8 Å². The summed E-state index contributed by atoms with van der Waals surface area (Å²) in [7, 11) is -8.21. The first-order valence-electron chi connectivity index (χ1n) is 19.8. The van der Waals surface area contributed by atoms with Crippen LogP contribution >= 0.6 is 15.9 Å². The van der Waals surface area contributed by atoms with E-state index in [2.05, 4.69) is 121 Å². The monoisotopic (exact) mass is 932 g/mol. The van der Waals surface area contributed by atoms with Crippen LogP contribution in [0.25, 0.3) is 0 Å². The summed E-state index contributed by atoms with van der Waals surface area (Å²) < 4.78 is 61.2. The van der Waals surface area contributed by atoms with Gasteiger partial charge >= 0.3 is 0 Å². The van der Waals surface area contributed by atoms with E-state index in [1.165, 1.54) is 41.9 Å². The molecule has 6 aromatic carbocycles. The molecule has 6 aromatic rings. The predicted molar refractivity (Wildman–Crippen MR) is 257 cm³/mol. The molecule has 0 aliphatic carbocycles. The van der Waals surface area contributed by atoms with Gasteiger partial charge in [-0.3, -0.25) is 9.11 Å². The number of hydrogen-bond donors (Lipinski definition) is 4. The van der Waals surface area contributed by atoms with Gasteiger partial charge in [-0.05, 0) is 105 Å². The van der Waals surface area contributed by atoms with Gasteiger partial charge < -0.3 is 15.1 Å². The molecule has 12 heteroatoms. The van der Waals surface area contributed by atoms with Crippen molar-refractivity contribution in [1.29, 1.82) is 0 Å². The molecule has 328 valence electrons. The zero-order valence-electron chi connectivity index (χ0n) is 35.0. The number of anilines is 2. The molecule has 61 heavy (non-hydrogen) atoms. The Morgan fingerprint density at radius 3 is 1.26 bits per heavy atom. The third kappa shape index (κ3) is 20.1. The van der Waals surface area contributed by atoms with Crippen LogP contribution in [0.15, 0.2) is 180 Å². The van der Waals surface area contributed by atoms with Crippen molar-refractivity contribution in [3.8, 4) is 0 Å². The van der Waals surface area contributed by atoms with Crippen LogP contribution in [0.4, 0.5) is 11.4 Å². The maximum absolute atomic E-state index is 11.2. The second kappa shape index (κ2) is 27.2. The van der Waals surface area contributed by atoms with E-state index >= 15 is 0 Å². The van der Waals surface area contributed by atoms with Gasteiger partial charge in [0, 0.05) is 36.3 Å². The predicted octanol–water partition coefficient (Wildman–Crippen LogP) is 10.6. The fraction of sp³-hybridized carbons (Fsp3) is 0.265. The van der Waals surface area contributed by atoms with Gasteiger partial charge in [-0.15, -0.1) is 0 Å². The number of hydrogen-bond acceptors (Lipinski definition) is 6. The topological polar surface area (TPSA) is 128 Å². The second-order valence-electron chi connectivity index (χ2n) is 14.5. The van der Waals surface area contributed by atoms with E-state index in [-0.39, 0.29) is 17.2 Å². The molecule has 6 rings (SSSR count). The van der Waals surface area contributed by atoms with Crippen molar-refractivity contribution in [1.82, 2.24) is 0 Å². The Bertz CT molecular complexity index is 2240. The SMILES string of the molecule is C.CC[NH+](C(C)C)C(C)C.O=S(=O)(O)c1ccc(CBr)cc1.O=S(=O)(O)c1ccc(CN(Cc2ccccc2)c2ccccc2)cc1.c1ccc(CNc2ccccc2)cc1. The molecule has 0 bridgehead atoms. The highest BCUT2D eigenvalue weighted by Gasteiger charge is 2.14. The van der Waals surface area contributed by atoms with Crippen LogP contribution in [0.2, 0.25) is 0 Å². The fourth-order valence-electron chi connectivity index (χ4n) is 6.26. The van der Waals surface area contributed by atoms with Gasteiger partial charge in [0.1, 0.15) is 0 Å². The lowest BCUT2D eigenvalue weighted by molar-refractivity contribution is -0.940. The highest BCUT2D eigenvalue weighted by molar-refractivity contribution is 9.08. The fourth-order valence-corrected chi connectivity index (χ4v) is 7.59. The number of halogens is 1. The molecule has 0 aliphatic rings. The first-order chi connectivity index (χ1) is 28.6. The van der Waals surface area contributed by atoms with Gasteiger partial charge in [-0.1, -0.05) is 145 Å². The summed E-state index contributed by atoms with van der Waals surface area (Å²) in [5.41, 5.74) is 6.67. The maximum atomic E-state index is 11.2. The second-order valence-corrected chi connectivity index (χ2v) is 17.9. The van der Waals surface area contributed by atoms with Gasteiger partial charge in [0.2, 0.25) is 0 Å². The Hall–Kier alpha value is -4.82. The van der Waals surface area contributed by atoms with Crippen molar-refractivity contribution in [2.45, 2.75) is 88.9 Å². The van der Waals surface area contributed by atoms with Gasteiger partial charge in [-0.2, -0.15) is 16.8 Å². The van der Waals surface area contributed by atoms with E-state index in [0.717, 1.165) is 47.7 Å². The Labute approximate surface area is 374 Å². The lowest BCUT2D eigenvalue weighted by Crippen LogP contribution is -3.17. The molecule has 0 aromatic heterocycles. The van der Waals surface area contributed by atoms with Crippen molar-refractivity contribution in [3.05, 3.63) is 192 Å². The van der Waals surface area contributed by atoms with Crippen molar-refractivity contribution < 1.29 is 30.8 Å². The smallest absolute Gasteiger partial charge is 0.294 e. The quantitative estimate of drug-likeness (QED) is 0.0628. The molecule has 0 aliphatic heterocycles. The highest BCUT2D eigenvalue weighted by Crippen LogP contribution is 2.21. The number of nitrogens with zero attached hydrogens (tertiary/aromatic N) is 1. The number of quaternary nitrogens is 1. The van der Waals surface area contributed by atoms with Crippen LogP contribution in [0.1, 0.15) is 64.3 Å². The summed E-state index contributed by atoms with van der Waals surface area (Å²) in [6, 6.07) is 54.7. The summed E-state index contributed by atoms with van der Waals surface area (Å²) in [5, 5.41) is 4.03. The summed E-state index contributed by atoms with van der Waals surface area (Å²) >= 11 is 3.22. The van der Waals surface area contributed by atoms with Gasteiger partial charge in [0.15, 0.2) is 0 Å². The molecular formula is C49H63BrN3O6S2+. The average molecular weight is 934 g/mol. The molecule has 4 N–H and O–H groups in total. The van der Waals surface area contributed by atoms with Crippen LogP contribution in [-0.2, 0) is 45.2 Å². The van der Waals surface area contributed by atoms with E-state index in [1.54, 1.807) is 29.2 Å². The molecule has 0 atom stereocenters. The number of nitrogens with one attached hydrogen (secondary N) is 2. The van der Waals surface area contributed by atoms with Gasteiger partial charge in [0.25, 0.3) is 20.2 Å². The van der Waals surface area contributed by atoms with Gasteiger partial charge in [0.05, 0.1) is 28.4 Å². The molecule has 0 saturated carbocycles.